The third kappa shape index (κ3) is 2.01. The number of hydrogen-bond donors (Lipinski definition) is 1. The van der Waals surface area contributed by atoms with Crippen molar-refractivity contribution in [2.75, 3.05) is 0 Å². The van der Waals surface area contributed by atoms with Crippen LogP contribution in [-0.2, 0) is 13.0 Å². The summed E-state index contributed by atoms with van der Waals surface area (Å²) >= 11 is 0. The predicted molar refractivity (Wildman–Crippen MR) is 74.9 cm³/mol. The van der Waals surface area contributed by atoms with Gasteiger partial charge in [-0.05, 0) is 38.5 Å². The monoisotopic (exact) mass is 255 g/mol. The standard InChI is InChI=1S/C14H17N5/c1-4-10-8-12(19(5-2)18-10)14-16-11-7-6-9(3)15-13(11)17-14/h6-8H,4-5H2,1-3H3,(H,15,16,17). The predicted octanol–water partition coefficient (Wildman–Crippen LogP) is 2.71. The molecule has 0 spiro atoms. The average Bonchev–Trinajstić information content (AvgIpc) is 3.00. The van der Waals surface area contributed by atoms with Gasteiger partial charge in [-0.3, -0.25) is 4.68 Å². The minimum atomic E-state index is 0.761. The number of fused-ring (bicyclic) bond motifs is 1. The second kappa shape index (κ2) is 4.50. The van der Waals surface area contributed by atoms with Crippen molar-refractivity contribution < 1.29 is 0 Å². The first kappa shape index (κ1) is 11.9. The molecule has 3 heterocycles. The molecule has 0 aliphatic heterocycles. The molecule has 0 aromatic carbocycles. The Morgan fingerprint density at radius 1 is 1.21 bits per heavy atom. The fourth-order valence-corrected chi connectivity index (χ4v) is 2.18. The van der Waals surface area contributed by atoms with Gasteiger partial charge in [-0.15, -0.1) is 0 Å². The minimum absolute atomic E-state index is 0.761. The smallest absolute Gasteiger partial charge is 0.178 e. The highest BCUT2D eigenvalue weighted by Crippen LogP contribution is 2.21. The quantitative estimate of drug-likeness (QED) is 0.782. The summed E-state index contributed by atoms with van der Waals surface area (Å²) in [4.78, 5) is 12.3. The molecule has 5 nitrogen and oxygen atoms in total. The molecular formula is C14H17N5. The Balaban J connectivity index is 2.15. The van der Waals surface area contributed by atoms with Crippen molar-refractivity contribution in [1.82, 2.24) is 24.7 Å². The molecule has 1 N–H and O–H groups in total. The van der Waals surface area contributed by atoms with Crippen LogP contribution in [0.5, 0.6) is 0 Å². The number of H-pyrrole nitrogens is 1. The van der Waals surface area contributed by atoms with Gasteiger partial charge in [0.2, 0.25) is 0 Å². The molecule has 0 bridgehead atoms. The number of nitrogens with one attached hydrogen (secondary N) is 1. The van der Waals surface area contributed by atoms with Crippen LogP contribution in [0.2, 0.25) is 0 Å². The minimum Gasteiger partial charge on any atom is -0.335 e. The lowest BCUT2D eigenvalue weighted by Crippen LogP contribution is -2.00. The number of nitrogens with zero attached hydrogens (tertiary/aromatic N) is 4. The fraction of sp³-hybridized carbons (Fsp3) is 0.357. The van der Waals surface area contributed by atoms with Crippen LogP contribution in [0.3, 0.4) is 0 Å². The van der Waals surface area contributed by atoms with E-state index in [0.29, 0.717) is 0 Å². The summed E-state index contributed by atoms with van der Waals surface area (Å²) in [5.74, 6) is 0.835. The fourth-order valence-electron chi connectivity index (χ4n) is 2.18. The first-order valence-electron chi connectivity index (χ1n) is 6.61. The highest BCUT2D eigenvalue weighted by atomic mass is 15.3. The third-order valence-corrected chi connectivity index (χ3v) is 3.22. The molecular weight excluding hydrogens is 238 g/mol. The van der Waals surface area contributed by atoms with Crippen molar-refractivity contribution in [2.24, 2.45) is 0 Å². The van der Waals surface area contributed by atoms with Gasteiger partial charge in [0.15, 0.2) is 11.5 Å². The zero-order valence-electron chi connectivity index (χ0n) is 11.4. The number of rotatable bonds is 3. The maximum absolute atomic E-state index is 4.57. The van der Waals surface area contributed by atoms with Gasteiger partial charge in [0.1, 0.15) is 5.69 Å². The summed E-state index contributed by atoms with van der Waals surface area (Å²) in [6, 6.07) is 6.09. The van der Waals surface area contributed by atoms with Crippen molar-refractivity contribution in [2.45, 2.75) is 33.7 Å². The van der Waals surface area contributed by atoms with E-state index in [1.165, 1.54) is 0 Å². The largest absolute Gasteiger partial charge is 0.335 e. The van der Waals surface area contributed by atoms with E-state index in [1.54, 1.807) is 0 Å². The third-order valence-electron chi connectivity index (χ3n) is 3.22. The van der Waals surface area contributed by atoms with Gasteiger partial charge in [0.25, 0.3) is 0 Å². The summed E-state index contributed by atoms with van der Waals surface area (Å²) in [7, 11) is 0. The second-order valence-electron chi connectivity index (χ2n) is 4.60. The number of aromatic amines is 1. The van der Waals surface area contributed by atoms with E-state index >= 15 is 0 Å². The van der Waals surface area contributed by atoms with Gasteiger partial charge in [-0.1, -0.05) is 6.92 Å². The zero-order chi connectivity index (χ0) is 13.4. The first-order valence-corrected chi connectivity index (χ1v) is 6.61. The summed E-state index contributed by atoms with van der Waals surface area (Å²) in [6.45, 7) is 6.99. The topological polar surface area (TPSA) is 59.4 Å². The Hall–Kier alpha value is -2.17. The van der Waals surface area contributed by atoms with Gasteiger partial charge in [-0.25, -0.2) is 9.97 Å². The van der Waals surface area contributed by atoms with Crippen molar-refractivity contribution >= 4 is 11.2 Å². The van der Waals surface area contributed by atoms with Gasteiger partial charge in [0.05, 0.1) is 11.2 Å². The number of hydrogen-bond acceptors (Lipinski definition) is 3. The molecule has 0 saturated heterocycles. The van der Waals surface area contributed by atoms with E-state index < -0.39 is 0 Å². The molecule has 0 saturated carbocycles. The molecule has 98 valence electrons. The second-order valence-corrected chi connectivity index (χ2v) is 4.60. The van der Waals surface area contributed by atoms with Crippen LogP contribution in [0.25, 0.3) is 22.7 Å². The normalized spacial score (nSPS) is 11.3. The molecule has 19 heavy (non-hydrogen) atoms. The number of aromatic nitrogens is 5. The van der Waals surface area contributed by atoms with Crippen LogP contribution in [0.1, 0.15) is 25.2 Å². The molecule has 3 aromatic rings. The molecule has 0 unspecified atom stereocenters. The van der Waals surface area contributed by atoms with E-state index in [1.807, 2.05) is 23.7 Å². The van der Waals surface area contributed by atoms with Crippen LogP contribution in [0.15, 0.2) is 18.2 Å². The van der Waals surface area contributed by atoms with Crippen molar-refractivity contribution in [1.29, 1.82) is 0 Å². The van der Waals surface area contributed by atoms with Crippen LogP contribution in [0, 0.1) is 6.92 Å². The summed E-state index contributed by atoms with van der Waals surface area (Å²) in [5.41, 5.74) is 4.81. The Labute approximate surface area is 111 Å². The summed E-state index contributed by atoms with van der Waals surface area (Å²) in [5, 5.41) is 4.55. The van der Waals surface area contributed by atoms with Crippen LogP contribution < -0.4 is 0 Å². The Morgan fingerprint density at radius 3 is 2.79 bits per heavy atom. The van der Waals surface area contributed by atoms with Crippen LogP contribution in [-0.4, -0.2) is 24.7 Å². The van der Waals surface area contributed by atoms with Gasteiger partial charge in [-0.2, -0.15) is 5.10 Å². The average molecular weight is 255 g/mol. The SMILES string of the molecule is CCc1cc(-c2nc3nc(C)ccc3[nH]2)n(CC)n1. The molecule has 3 aromatic heterocycles. The van der Waals surface area contributed by atoms with E-state index in [4.69, 9.17) is 0 Å². The van der Waals surface area contributed by atoms with Gasteiger partial charge < -0.3 is 4.98 Å². The van der Waals surface area contributed by atoms with Crippen molar-refractivity contribution in [3.05, 3.63) is 29.6 Å². The highest BCUT2D eigenvalue weighted by molar-refractivity contribution is 5.75. The van der Waals surface area contributed by atoms with E-state index in [0.717, 1.165) is 47.0 Å². The molecule has 0 aliphatic rings. The number of imidazole rings is 1. The van der Waals surface area contributed by atoms with Crippen LogP contribution in [0.4, 0.5) is 0 Å². The molecule has 5 heteroatoms. The molecule has 0 aliphatic carbocycles. The lowest BCUT2D eigenvalue weighted by atomic mass is 10.3. The maximum Gasteiger partial charge on any atom is 0.178 e. The maximum atomic E-state index is 4.57. The van der Waals surface area contributed by atoms with Crippen molar-refractivity contribution in [3.8, 4) is 11.5 Å². The van der Waals surface area contributed by atoms with E-state index in [9.17, 15) is 0 Å². The Bertz CT molecular complexity index is 723. The number of aryl methyl sites for hydroxylation is 3. The van der Waals surface area contributed by atoms with Crippen molar-refractivity contribution in [3.63, 3.8) is 0 Å². The lowest BCUT2D eigenvalue weighted by molar-refractivity contribution is 0.653. The first-order chi connectivity index (χ1) is 9.21. The van der Waals surface area contributed by atoms with E-state index in [-0.39, 0.29) is 0 Å². The van der Waals surface area contributed by atoms with Gasteiger partial charge >= 0.3 is 0 Å². The zero-order valence-corrected chi connectivity index (χ0v) is 11.4. The molecule has 0 amide bonds. The Morgan fingerprint density at radius 2 is 2.05 bits per heavy atom. The molecule has 3 rings (SSSR count). The summed E-state index contributed by atoms with van der Waals surface area (Å²) < 4.78 is 1.98. The van der Waals surface area contributed by atoms with Gasteiger partial charge in [0, 0.05) is 12.2 Å². The number of pyridine rings is 1. The Kier molecular flexibility index (Phi) is 2.81. The molecule has 0 fully saturated rings. The molecule has 0 atom stereocenters. The summed E-state index contributed by atoms with van der Waals surface area (Å²) in [6.07, 6.45) is 0.928. The van der Waals surface area contributed by atoms with E-state index in [2.05, 4.69) is 40.0 Å². The highest BCUT2D eigenvalue weighted by Gasteiger charge is 2.12. The lowest BCUT2D eigenvalue weighted by Gasteiger charge is -1.99. The molecule has 0 radical (unpaired) electrons. The van der Waals surface area contributed by atoms with Crippen LogP contribution >= 0.6 is 0 Å².